The van der Waals surface area contributed by atoms with Gasteiger partial charge in [-0.1, -0.05) is 41.9 Å². The maximum Gasteiger partial charge on any atom is 0.0775 e. The predicted octanol–water partition coefficient (Wildman–Crippen LogP) is 5.07. The molecule has 0 spiro atoms. The van der Waals surface area contributed by atoms with Crippen LogP contribution in [0.5, 0.6) is 0 Å². The van der Waals surface area contributed by atoms with Crippen LogP contribution in [0.1, 0.15) is 24.1 Å². The van der Waals surface area contributed by atoms with Gasteiger partial charge >= 0.3 is 0 Å². The standard InChI is InChI=1S/C19H17ClN2/c20-15-12-10-14(11-13-15)19-17-8-4-5-9-18(17)21-22(19)16-6-2-1-3-7-16/h1-3,6-7,10-13H,4-5,8-9H2. The highest BCUT2D eigenvalue weighted by atomic mass is 35.5. The SMILES string of the molecule is Clc1ccc(-c2c3c(nn2-c2ccccc2)CCCC3)cc1. The highest BCUT2D eigenvalue weighted by Crippen LogP contribution is 2.34. The van der Waals surface area contributed by atoms with Crippen molar-refractivity contribution >= 4 is 11.6 Å². The minimum Gasteiger partial charge on any atom is -0.233 e. The van der Waals surface area contributed by atoms with Crippen LogP contribution in [-0.2, 0) is 12.8 Å². The first-order chi connectivity index (χ1) is 10.8. The monoisotopic (exact) mass is 308 g/mol. The highest BCUT2D eigenvalue weighted by Gasteiger charge is 2.22. The van der Waals surface area contributed by atoms with Gasteiger partial charge in [-0.25, -0.2) is 4.68 Å². The Morgan fingerprint density at radius 1 is 0.864 bits per heavy atom. The molecule has 3 aromatic rings. The highest BCUT2D eigenvalue weighted by molar-refractivity contribution is 6.30. The van der Waals surface area contributed by atoms with Crippen molar-refractivity contribution in [1.82, 2.24) is 9.78 Å². The molecule has 1 aliphatic rings. The number of hydrogen-bond acceptors (Lipinski definition) is 1. The Morgan fingerprint density at radius 2 is 1.59 bits per heavy atom. The Bertz CT molecular complexity index is 788. The van der Waals surface area contributed by atoms with Crippen molar-refractivity contribution in [3.05, 3.63) is 70.9 Å². The van der Waals surface area contributed by atoms with E-state index in [1.54, 1.807) is 0 Å². The summed E-state index contributed by atoms with van der Waals surface area (Å²) >= 11 is 6.05. The molecule has 1 heterocycles. The summed E-state index contributed by atoms with van der Waals surface area (Å²) in [5, 5.41) is 5.67. The van der Waals surface area contributed by atoms with E-state index in [2.05, 4.69) is 41.1 Å². The lowest BCUT2D eigenvalue weighted by molar-refractivity contribution is 0.671. The molecule has 0 fully saturated rings. The largest absolute Gasteiger partial charge is 0.233 e. The van der Waals surface area contributed by atoms with Gasteiger partial charge in [-0.3, -0.25) is 0 Å². The summed E-state index contributed by atoms with van der Waals surface area (Å²) in [4.78, 5) is 0. The molecule has 0 saturated carbocycles. The molecule has 0 amide bonds. The first-order valence-corrected chi connectivity index (χ1v) is 8.13. The van der Waals surface area contributed by atoms with Crippen molar-refractivity contribution in [3.63, 3.8) is 0 Å². The first kappa shape index (κ1) is 13.6. The number of para-hydroxylation sites is 1. The zero-order valence-corrected chi connectivity index (χ0v) is 13.1. The Kier molecular flexibility index (Phi) is 3.47. The molecule has 0 unspecified atom stereocenters. The number of hydrogen-bond donors (Lipinski definition) is 0. The van der Waals surface area contributed by atoms with E-state index in [0.717, 1.165) is 23.6 Å². The first-order valence-electron chi connectivity index (χ1n) is 7.75. The van der Waals surface area contributed by atoms with Gasteiger partial charge in [0.25, 0.3) is 0 Å². The molecule has 0 saturated heterocycles. The second kappa shape index (κ2) is 5.62. The molecule has 2 nitrogen and oxygen atoms in total. The minimum absolute atomic E-state index is 0.767. The van der Waals surface area contributed by atoms with Crippen LogP contribution in [-0.4, -0.2) is 9.78 Å². The molecule has 3 heteroatoms. The second-order valence-corrected chi connectivity index (χ2v) is 6.17. The summed E-state index contributed by atoms with van der Waals surface area (Å²) in [6.07, 6.45) is 4.67. The second-order valence-electron chi connectivity index (χ2n) is 5.74. The molecule has 2 aromatic carbocycles. The fourth-order valence-corrected chi connectivity index (χ4v) is 3.34. The molecule has 0 radical (unpaired) electrons. The lowest BCUT2D eigenvalue weighted by Gasteiger charge is -2.12. The molecule has 0 bridgehead atoms. The summed E-state index contributed by atoms with van der Waals surface area (Å²) in [7, 11) is 0. The summed E-state index contributed by atoms with van der Waals surface area (Å²) in [6.45, 7) is 0. The average molecular weight is 309 g/mol. The van der Waals surface area contributed by atoms with Gasteiger partial charge in [0, 0.05) is 16.1 Å². The van der Waals surface area contributed by atoms with Crippen LogP contribution in [0.4, 0.5) is 0 Å². The zero-order chi connectivity index (χ0) is 14.9. The Hall–Kier alpha value is -2.06. The molecular formula is C19H17ClN2. The van der Waals surface area contributed by atoms with Gasteiger partial charge in [0.2, 0.25) is 0 Å². The number of rotatable bonds is 2. The number of aryl methyl sites for hydroxylation is 1. The maximum absolute atomic E-state index is 6.05. The van der Waals surface area contributed by atoms with Crippen LogP contribution in [0.2, 0.25) is 5.02 Å². The average Bonchev–Trinajstić information content (AvgIpc) is 2.96. The van der Waals surface area contributed by atoms with E-state index < -0.39 is 0 Å². The van der Waals surface area contributed by atoms with Crippen LogP contribution >= 0.6 is 11.6 Å². The van der Waals surface area contributed by atoms with Crippen molar-refractivity contribution in [2.75, 3.05) is 0 Å². The topological polar surface area (TPSA) is 17.8 Å². The predicted molar refractivity (Wildman–Crippen MR) is 90.7 cm³/mol. The molecule has 0 N–H and O–H groups in total. The summed E-state index contributed by atoms with van der Waals surface area (Å²) in [5.41, 5.74) is 6.17. The van der Waals surface area contributed by atoms with E-state index >= 15 is 0 Å². The van der Waals surface area contributed by atoms with Crippen molar-refractivity contribution in [3.8, 4) is 16.9 Å². The van der Waals surface area contributed by atoms with Gasteiger partial charge < -0.3 is 0 Å². The third-order valence-corrected chi connectivity index (χ3v) is 4.53. The molecule has 22 heavy (non-hydrogen) atoms. The summed E-state index contributed by atoms with van der Waals surface area (Å²) in [5.74, 6) is 0. The van der Waals surface area contributed by atoms with Crippen molar-refractivity contribution in [2.24, 2.45) is 0 Å². The zero-order valence-electron chi connectivity index (χ0n) is 12.3. The molecule has 110 valence electrons. The van der Waals surface area contributed by atoms with Crippen LogP contribution < -0.4 is 0 Å². The quantitative estimate of drug-likeness (QED) is 0.646. The van der Waals surface area contributed by atoms with E-state index in [-0.39, 0.29) is 0 Å². The van der Waals surface area contributed by atoms with Crippen LogP contribution in [0.25, 0.3) is 16.9 Å². The van der Waals surface area contributed by atoms with Gasteiger partial charge in [-0.15, -0.1) is 0 Å². The Morgan fingerprint density at radius 3 is 2.36 bits per heavy atom. The van der Waals surface area contributed by atoms with Gasteiger partial charge in [0.1, 0.15) is 0 Å². The van der Waals surface area contributed by atoms with Gasteiger partial charge in [0.05, 0.1) is 17.1 Å². The summed E-state index contributed by atoms with van der Waals surface area (Å²) in [6, 6.07) is 18.5. The number of halogens is 1. The van der Waals surface area contributed by atoms with Gasteiger partial charge in [0.15, 0.2) is 0 Å². The molecule has 4 rings (SSSR count). The smallest absolute Gasteiger partial charge is 0.0775 e. The van der Waals surface area contributed by atoms with Crippen molar-refractivity contribution in [2.45, 2.75) is 25.7 Å². The van der Waals surface area contributed by atoms with E-state index in [1.165, 1.54) is 35.4 Å². The lowest BCUT2D eigenvalue weighted by atomic mass is 9.93. The Labute approximate surface area is 135 Å². The number of benzene rings is 2. The lowest BCUT2D eigenvalue weighted by Crippen LogP contribution is -2.01. The summed E-state index contributed by atoms with van der Waals surface area (Å²) < 4.78 is 2.10. The van der Waals surface area contributed by atoms with Crippen LogP contribution in [0.3, 0.4) is 0 Å². The van der Waals surface area contributed by atoms with Gasteiger partial charge in [-0.05, 0) is 49.9 Å². The maximum atomic E-state index is 6.05. The third-order valence-electron chi connectivity index (χ3n) is 4.28. The fourth-order valence-electron chi connectivity index (χ4n) is 3.21. The minimum atomic E-state index is 0.767. The molecule has 1 aliphatic carbocycles. The van der Waals surface area contributed by atoms with E-state index in [9.17, 15) is 0 Å². The van der Waals surface area contributed by atoms with Crippen LogP contribution in [0.15, 0.2) is 54.6 Å². The van der Waals surface area contributed by atoms with Crippen LogP contribution in [0, 0.1) is 0 Å². The fraction of sp³-hybridized carbons (Fsp3) is 0.211. The van der Waals surface area contributed by atoms with Gasteiger partial charge in [-0.2, -0.15) is 5.10 Å². The number of aromatic nitrogens is 2. The molecular weight excluding hydrogens is 292 g/mol. The number of fused-ring (bicyclic) bond motifs is 1. The third kappa shape index (κ3) is 2.34. The number of nitrogens with zero attached hydrogens (tertiary/aromatic N) is 2. The van der Waals surface area contributed by atoms with E-state index in [0.29, 0.717) is 0 Å². The normalized spacial score (nSPS) is 13.9. The van der Waals surface area contributed by atoms with E-state index in [4.69, 9.17) is 16.7 Å². The van der Waals surface area contributed by atoms with Crippen molar-refractivity contribution in [1.29, 1.82) is 0 Å². The molecule has 0 atom stereocenters. The molecule has 1 aromatic heterocycles. The van der Waals surface area contributed by atoms with E-state index in [1.807, 2.05) is 18.2 Å². The Balaban J connectivity index is 1.94. The molecule has 0 aliphatic heterocycles. The van der Waals surface area contributed by atoms with Crippen molar-refractivity contribution < 1.29 is 0 Å².